The van der Waals surface area contributed by atoms with Gasteiger partial charge in [-0.25, -0.2) is 17.9 Å². The van der Waals surface area contributed by atoms with Crippen molar-refractivity contribution in [1.29, 1.82) is 0 Å². The molecule has 0 amide bonds. The van der Waals surface area contributed by atoms with Crippen LogP contribution in [0.15, 0.2) is 32.7 Å². The molecule has 136 valence electrons. The van der Waals surface area contributed by atoms with Crippen molar-refractivity contribution in [1.82, 2.24) is 19.2 Å². The Morgan fingerprint density at radius 3 is 2.32 bits per heavy atom. The topological polar surface area (TPSA) is 102 Å². The van der Waals surface area contributed by atoms with Crippen molar-refractivity contribution in [3.63, 3.8) is 0 Å². The van der Waals surface area contributed by atoms with Gasteiger partial charge in [0.2, 0.25) is 10.0 Å². The summed E-state index contributed by atoms with van der Waals surface area (Å²) < 4.78 is 30.6. The second-order valence-electron chi connectivity index (χ2n) is 6.52. The molecule has 2 heterocycles. The van der Waals surface area contributed by atoms with Crippen molar-refractivity contribution in [3.05, 3.63) is 39.0 Å². The number of fused-ring (bicyclic) bond motifs is 1. The van der Waals surface area contributed by atoms with Gasteiger partial charge in [0.05, 0.1) is 21.3 Å². The van der Waals surface area contributed by atoms with Crippen molar-refractivity contribution in [3.8, 4) is 0 Å². The normalized spacial score (nSPS) is 16.8. The van der Waals surface area contributed by atoms with Gasteiger partial charge in [0.15, 0.2) is 0 Å². The van der Waals surface area contributed by atoms with Gasteiger partial charge >= 0.3 is 5.69 Å². The Morgan fingerprint density at radius 1 is 1.16 bits per heavy atom. The summed E-state index contributed by atoms with van der Waals surface area (Å²) in [6, 6.07) is 4.31. The first-order valence-corrected chi connectivity index (χ1v) is 9.73. The molecular formula is C16H22N4O4S. The van der Waals surface area contributed by atoms with Gasteiger partial charge in [-0.1, -0.05) is 0 Å². The maximum atomic E-state index is 12.7. The van der Waals surface area contributed by atoms with E-state index in [1.165, 1.54) is 22.8 Å². The number of benzene rings is 1. The number of hydrogen-bond donors (Lipinski definition) is 2. The molecule has 8 nitrogen and oxygen atoms in total. The van der Waals surface area contributed by atoms with Crippen molar-refractivity contribution in [2.75, 3.05) is 13.1 Å². The molecule has 1 fully saturated rings. The summed E-state index contributed by atoms with van der Waals surface area (Å²) in [4.78, 5) is 25.0. The van der Waals surface area contributed by atoms with Gasteiger partial charge in [-0.05, 0) is 39.0 Å². The molecule has 0 saturated carbocycles. The van der Waals surface area contributed by atoms with Crippen LogP contribution in [-0.2, 0) is 23.1 Å². The molecule has 0 bridgehead atoms. The highest BCUT2D eigenvalue weighted by molar-refractivity contribution is 7.89. The summed E-state index contributed by atoms with van der Waals surface area (Å²) in [5, 5.41) is 3.26. The Kier molecular flexibility index (Phi) is 4.34. The van der Waals surface area contributed by atoms with Crippen LogP contribution >= 0.6 is 0 Å². The third kappa shape index (κ3) is 2.92. The van der Waals surface area contributed by atoms with Crippen molar-refractivity contribution in [2.45, 2.75) is 44.3 Å². The van der Waals surface area contributed by atoms with Gasteiger partial charge in [-0.2, -0.15) is 0 Å². The fraction of sp³-hybridized carbons (Fsp3) is 0.500. The van der Waals surface area contributed by atoms with E-state index >= 15 is 0 Å². The Balaban J connectivity index is 2.20. The van der Waals surface area contributed by atoms with E-state index in [4.69, 9.17) is 0 Å². The Bertz CT molecular complexity index is 1050. The fourth-order valence-corrected chi connectivity index (χ4v) is 4.54. The highest BCUT2D eigenvalue weighted by Crippen LogP contribution is 2.19. The fourth-order valence-electron chi connectivity index (χ4n) is 3.11. The average Bonchev–Trinajstić information content (AvgIpc) is 2.53. The smallest absolute Gasteiger partial charge is 0.313 e. The van der Waals surface area contributed by atoms with E-state index in [9.17, 15) is 18.0 Å². The maximum Gasteiger partial charge on any atom is 0.331 e. The molecule has 25 heavy (non-hydrogen) atoms. The van der Waals surface area contributed by atoms with Crippen LogP contribution in [0.2, 0.25) is 0 Å². The van der Waals surface area contributed by atoms with E-state index in [0.717, 1.165) is 4.57 Å². The van der Waals surface area contributed by atoms with Crippen LogP contribution in [-0.4, -0.2) is 36.2 Å². The largest absolute Gasteiger partial charge is 0.331 e. The van der Waals surface area contributed by atoms with Crippen molar-refractivity contribution < 1.29 is 8.42 Å². The molecule has 1 aromatic carbocycles. The summed E-state index contributed by atoms with van der Waals surface area (Å²) in [6.07, 6.45) is 0. The molecule has 1 saturated heterocycles. The Labute approximate surface area is 145 Å². The zero-order chi connectivity index (χ0) is 18.4. The molecule has 1 aromatic heterocycles. The van der Waals surface area contributed by atoms with Crippen LogP contribution in [0.25, 0.3) is 10.9 Å². The molecule has 3 rings (SSSR count). The number of aromatic nitrogens is 2. The second kappa shape index (κ2) is 6.08. The number of rotatable bonds is 5. The molecule has 1 aliphatic heterocycles. The van der Waals surface area contributed by atoms with Gasteiger partial charge in [0, 0.05) is 26.2 Å². The van der Waals surface area contributed by atoms with E-state index in [2.05, 4.69) is 10.0 Å². The minimum absolute atomic E-state index is 0.0224. The highest BCUT2D eigenvalue weighted by atomic mass is 32.2. The molecule has 0 atom stereocenters. The third-order valence-electron chi connectivity index (χ3n) is 4.55. The minimum atomic E-state index is -3.76. The lowest BCUT2D eigenvalue weighted by atomic mass is 9.97. The predicted octanol–water partition coefficient (Wildman–Crippen LogP) is -0.157. The van der Waals surface area contributed by atoms with Crippen LogP contribution in [0.3, 0.4) is 0 Å². The molecule has 1 aliphatic rings. The number of sulfonamides is 1. The van der Waals surface area contributed by atoms with Crippen LogP contribution in [0.4, 0.5) is 0 Å². The number of nitrogens with zero attached hydrogens (tertiary/aromatic N) is 2. The number of nitrogens with one attached hydrogen (secondary N) is 2. The van der Waals surface area contributed by atoms with E-state index in [1.807, 2.05) is 13.8 Å². The van der Waals surface area contributed by atoms with Crippen molar-refractivity contribution >= 4 is 20.9 Å². The number of aryl methyl sites for hydroxylation is 1. The third-order valence-corrected chi connectivity index (χ3v) is 6.19. The summed E-state index contributed by atoms with van der Waals surface area (Å²) >= 11 is 0. The molecular weight excluding hydrogens is 344 g/mol. The number of hydrogen-bond acceptors (Lipinski definition) is 5. The zero-order valence-electron chi connectivity index (χ0n) is 14.5. The van der Waals surface area contributed by atoms with Gasteiger partial charge in [-0.15, -0.1) is 0 Å². The van der Waals surface area contributed by atoms with E-state index in [0.29, 0.717) is 25.2 Å². The van der Waals surface area contributed by atoms with E-state index in [-0.39, 0.29) is 22.5 Å². The Morgan fingerprint density at radius 2 is 1.80 bits per heavy atom. The van der Waals surface area contributed by atoms with Crippen LogP contribution in [0.5, 0.6) is 0 Å². The lowest BCUT2D eigenvalue weighted by molar-refractivity contribution is 0.279. The SMILES string of the molecule is CCn1c(=O)c2cc(S(=O)(=O)NC3(C)CNC3)ccc2n(CC)c1=O. The predicted molar refractivity (Wildman–Crippen MR) is 95.4 cm³/mol. The van der Waals surface area contributed by atoms with Gasteiger partial charge < -0.3 is 5.32 Å². The maximum absolute atomic E-state index is 12.7. The van der Waals surface area contributed by atoms with Gasteiger partial charge in [-0.3, -0.25) is 13.9 Å². The lowest BCUT2D eigenvalue weighted by Gasteiger charge is -2.39. The molecule has 0 aliphatic carbocycles. The van der Waals surface area contributed by atoms with Crippen molar-refractivity contribution in [2.24, 2.45) is 0 Å². The molecule has 0 unspecified atom stereocenters. The zero-order valence-corrected chi connectivity index (χ0v) is 15.3. The highest BCUT2D eigenvalue weighted by Gasteiger charge is 2.36. The standard InChI is InChI=1S/C16H22N4O4S/c1-4-19-13-7-6-11(25(23,24)18-16(3)9-17-10-16)8-12(13)14(21)20(5-2)15(19)22/h6-8,17-18H,4-5,9-10H2,1-3H3. The first kappa shape index (κ1) is 17.8. The minimum Gasteiger partial charge on any atom is -0.313 e. The van der Waals surface area contributed by atoms with Gasteiger partial charge in [0.25, 0.3) is 5.56 Å². The Hall–Kier alpha value is -1.97. The summed E-state index contributed by atoms with van der Waals surface area (Å²) in [6.45, 7) is 7.07. The average molecular weight is 366 g/mol. The summed E-state index contributed by atoms with van der Waals surface area (Å²) in [5.41, 5.74) is -0.942. The monoisotopic (exact) mass is 366 g/mol. The van der Waals surface area contributed by atoms with Crippen LogP contribution in [0, 0.1) is 0 Å². The van der Waals surface area contributed by atoms with E-state index in [1.54, 1.807) is 6.92 Å². The first-order valence-electron chi connectivity index (χ1n) is 8.24. The first-order chi connectivity index (χ1) is 11.7. The second-order valence-corrected chi connectivity index (χ2v) is 8.21. The molecule has 2 N–H and O–H groups in total. The van der Waals surface area contributed by atoms with Gasteiger partial charge in [0.1, 0.15) is 0 Å². The van der Waals surface area contributed by atoms with E-state index < -0.39 is 21.1 Å². The molecule has 0 spiro atoms. The summed E-state index contributed by atoms with van der Waals surface area (Å²) in [5.74, 6) is 0. The van der Waals surface area contributed by atoms with Crippen LogP contribution < -0.4 is 21.3 Å². The quantitative estimate of drug-likeness (QED) is 0.766. The molecule has 2 aromatic rings. The van der Waals surface area contributed by atoms with Crippen LogP contribution in [0.1, 0.15) is 20.8 Å². The lowest BCUT2D eigenvalue weighted by Crippen LogP contribution is -2.66. The molecule has 9 heteroatoms. The summed E-state index contributed by atoms with van der Waals surface area (Å²) in [7, 11) is -3.76. The molecule has 0 radical (unpaired) electrons.